The van der Waals surface area contributed by atoms with E-state index in [1.54, 1.807) is 0 Å². The van der Waals surface area contributed by atoms with Gasteiger partial charge in [0.2, 0.25) is 0 Å². The van der Waals surface area contributed by atoms with Crippen molar-refractivity contribution in [2.24, 2.45) is 0 Å². The number of nitrogens with zero attached hydrogens (tertiary/aromatic N) is 1. The van der Waals surface area contributed by atoms with Crippen LogP contribution in [0.3, 0.4) is 0 Å². The van der Waals surface area contributed by atoms with Gasteiger partial charge in [-0.3, -0.25) is 0 Å². The highest BCUT2D eigenvalue weighted by atomic mass is 32.1. The summed E-state index contributed by atoms with van der Waals surface area (Å²) in [6.45, 7) is 0. The lowest BCUT2D eigenvalue weighted by atomic mass is 10.00. The van der Waals surface area contributed by atoms with Crippen LogP contribution < -0.4 is 0 Å². The Morgan fingerprint density at radius 1 is 0.356 bits per heavy atom. The van der Waals surface area contributed by atoms with Crippen LogP contribution in [-0.4, -0.2) is 4.57 Å². The van der Waals surface area contributed by atoms with E-state index in [9.17, 15) is 0 Å². The normalized spacial score (nSPS) is 12.0. The van der Waals surface area contributed by atoms with E-state index in [0.717, 1.165) is 0 Å². The summed E-state index contributed by atoms with van der Waals surface area (Å²) < 4.78 is 7.80. The van der Waals surface area contributed by atoms with Crippen LogP contribution in [0.4, 0.5) is 0 Å². The summed E-state index contributed by atoms with van der Waals surface area (Å²) in [6, 6.07) is 55.9. The molecule has 0 saturated heterocycles. The molecule has 10 aromatic rings. The minimum atomic E-state index is 1.19. The predicted molar refractivity (Wildman–Crippen MR) is 197 cm³/mol. The minimum Gasteiger partial charge on any atom is -0.309 e. The molecular weight excluding hydrogens is 583 g/mol. The quantitative estimate of drug-likeness (QED) is 0.188. The second kappa shape index (κ2) is 9.64. The van der Waals surface area contributed by atoms with E-state index >= 15 is 0 Å². The Morgan fingerprint density at radius 2 is 1.04 bits per heavy atom. The van der Waals surface area contributed by atoms with Crippen LogP contribution in [-0.2, 0) is 0 Å². The van der Waals surface area contributed by atoms with Crippen molar-refractivity contribution in [2.75, 3.05) is 0 Å². The summed E-state index contributed by atoms with van der Waals surface area (Å²) in [5.74, 6) is 0. The molecule has 0 saturated carbocycles. The zero-order chi connectivity index (χ0) is 29.5. The molecule has 1 nitrogen and oxygen atoms in total. The SMILES string of the molecule is c1ccc(-c2ccc3c4cc(-c5cccc6c5sc5ccccc56)ccc4n(-c4ccc5c(c4)sc4ccccc45)c3c2)cc1. The van der Waals surface area contributed by atoms with Crippen LogP contribution in [0.25, 0.3) is 90.1 Å². The number of rotatable bonds is 3. The summed E-state index contributed by atoms with van der Waals surface area (Å²) in [5, 5.41) is 7.87. The molecule has 0 aliphatic heterocycles. The first-order valence-corrected chi connectivity index (χ1v) is 16.9. The van der Waals surface area contributed by atoms with Crippen molar-refractivity contribution in [3.05, 3.63) is 152 Å². The molecule has 0 unspecified atom stereocenters. The fraction of sp³-hybridized carbons (Fsp3) is 0. The third kappa shape index (κ3) is 3.78. The Labute approximate surface area is 267 Å². The van der Waals surface area contributed by atoms with Gasteiger partial charge in [-0.15, -0.1) is 22.7 Å². The molecule has 0 radical (unpaired) electrons. The topological polar surface area (TPSA) is 4.93 Å². The Hall–Kier alpha value is -5.22. The molecule has 0 atom stereocenters. The van der Waals surface area contributed by atoms with Crippen LogP contribution in [0.1, 0.15) is 0 Å². The van der Waals surface area contributed by atoms with E-state index in [2.05, 4.69) is 156 Å². The molecule has 0 fully saturated rings. The first-order valence-electron chi connectivity index (χ1n) is 15.3. The lowest BCUT2D eigenvalue weighted by molar-refractivity contribution is 1.19. The van der Waals surface area contributed by atoms with Gasteiger partial charge in [-0.2, -0.15) is 0 Å². The number of thiophene rings is 2. The Morgan fingerprint density at radius 3 is 1.91 bits per heavy atom. The number of hydrogen-bond donors (Lipinski definition) is 0. The van der Waals surface area contributed by atoms with Gasteiger partial charge in [0.05, 0.1) is 11.0 Å². The summed E-state index contributed by atoms with van der Waals surface area (Å²) >= 11 is 3.77. The van der Waals surface area contributed by atoms with Gasteiger partial charge in [0.25, 0.3) is 0 Å². The third-order valence-corrected chi connectivity index (χ3v) is 11.6. The lowest BCUT2D eigenvalue weighted by Crippen LogP contribution is -1.93. The molecule has 10 rings (SSSR count). The van der Waals surface area contributed by atoms with Gasteiger partial charge >= 0.3 is 0 Å². The Bertz CT molecular complexity index is 2760. The molecule has 0 spiro atoms. The van der Waals surface area contributed by atoms with Gasteiger partial charge in [-0.25, -0.2) is 0 Å². The second-order valence-corrected chi connectivity index (χ2v) is 13.9. The van der Waals surface area contributed by atoms with Crippen LogP contribution >= 0.6 is 22.7 Å². The molecule has 0 amide bonds. The molecule has 0 aliphatic rings. The minimum absolute atomic E-state index is 1.19. The van der Waals surface area contributed by atoms with Crippen molar-refractivity contribution in [3.8, 4) is 27.9 Å². The van der Waals surface area contributed by atoms with E-state index in [1.165, 1.54) is 90.1 Å². The van der Waals surface area contributed by atoms with Gasteiger partial charge in [0.15, 0.2) is 0 Å². The molecule has 45 heavy (non-hydrogen) atoms. The molecule has 0 N–H and O–H groups in total. The van der Waals surface area contributed by atoms with Crippen LogP contribution in [0, 0.1) is 0 Å². The maximum absolute atomic E-state index is 2.46. The summed E-state index contributed by atoms with van der Waals surface area (Å²) in [7, 11) is 0. The highest BCUT2D eigenvalue weighted by Gasteiger charge is 2.17. The fourth-order valence-corrected chi connectivity index (χ4v) is 9.48. The molecule has 3 heterocycles. The highest BCUT2D eigenvalue weighted by Crippen LogP contribution is 2.43. The first kappa shape index (κ1) is 25.1. The zero-order valence-corrected chi connectivity index (χ0v) is 25.8. The monoisotopic (exact) mass is 607 g/mol. The number of hydrogen-bond acceptors (Lipinski definition) is 2. The molecule has 7 aromatic carbocycles. The van der Waals surface area contributed by atoms with Crippen molar-refractivity contribution < 1.29 is 0 Å². The van der Waals surface area contributed by atoms with E-state index in [-0.39, 0.29) is 0 Å². The maximum Gasteiger partial charge on any atom is 0.0547 e. The standard InChI is InChI=1S/C42H25NS2/c1-2-9-26(10-3-1)27-17-20-31-36-23-28(30-13-8-14-35-33-12-5-7-16-40(33)45-42(30)35)18-22-37(36)43(38(31)24-27)29-19-21-34-32-11-4-6-15-39(32)44-41(34)25-29/h1-25H. The van der Waals surface area contributed by atoms with Gasteiger partial charge in [-0.1, -0.05) is 109 Å². The zero-order valence-electron chi connectivity index (χ0n) is 24.2. The summed E-state index contributed by atoms with van der Waals surface area (Å²) in [4.78, 5) is 0. The molecule has 0 bridgehead atoms. The second-order valence-electron chi connectivity index (χ2n) is 11.7. The average molecular weight is 608 g/mol. The number of benzene rings is 7. The Balaban J connectivity index is 1.25. The fourth-order valence-electron chi connectivity index (χ4n) is 7.10. The predicted octanol–water partition coefficient (Wildman–Crippen LogP) is 12.9. The van der Waals surface area contributed by atoms with Crippen molar-refractivity contribution in [2.45, 2.75) is 0 Å². The third-order valence-electron chi connectivity index (χ3n) is 9.21. The van der Waals surface area contributed by atoms with Gasteiger partial charge in [-0.05, 0) is 64.7 Å². The summed E-state index contributed by atoms with van der Waals surface area (Å²) in [6.07, 6.45) is 0. The van der Waals surface area contributed by atoms with E-state index < -0.39 is 0 Å². The van der Waals surface area contributed by atoms with E-state index in [1.807, 2.05) is 22.7 Å². The van der Waals surface area contributed by atoms with Gasteiger partial charge < -0.3 is 4.57 Å². The first-order chi connectivity index (χ1) is 22.3. The van der Waals surface area contributed by atoms with Crippen LogP contribution in [0.2, 0.25) is 0 Å². The van der Waals surface area contributed by atoms with E-state index in [4.69, 9.17) is 0 Å². The van der Waals surface area contributed by atoms with Crippen molar-refractivity contribution in [3.63, 3.8) is 0 Å². The highest BCUT2D eigenvalue weighted by molar-refractivity contribution is 7.26. The number of aromatic nitrogens is 1. The van der Waals surface area contributed by atoms with Gasteiger partial charge in [0.1, 0.15) is 0 Å². The molecule has 3 heteroatoms. The number of fused-ring (bicyclic) bond motifs is 9. The molecule has 0 aliphatic carbocycles. The lowest BCUT2D eigenvalue weighted by Gasteiger charge is -2.10. The van der Waals surface area contributed by atoms with Crippen molar-refractivity contribution >= 4 is 84.8 Å². The Kier molecular flexibility index (Phi) is 5.39. The van der Waals surface area contributed by atoms with E-state index in [0.29, 0.717) is 0 Å². The average Bonchev–Trinajstić information content (AvgIpc) is 3.77. The van der Waals surface area contributed by atoms with Gasteiger partial charge in [0, 0.05) is 56.8 Å². The van der Waals surface area contributed by atoms with Crippen LogP contribution in [0.15, 0.2) is 152 Å². The van der Waals surface area contributed by atoms with Crippen molar-refractivity contribution in [1.82, 2.24) is 4.57 Å². The molecule has 210 valence electrons. The largest absolute Gasteiger partial charge is 0.309 e. The van der Waals surface area contributed by atoms with Crippen molar-refractivity contribution in [1.29, 1.82) is 0 Å². The molecule has 3 aromatic heterocycles. The molecular formula is C42H25NS2. The maximum atomic E-state index is 2.46. The summed E-state index contributed by atoms with van der Waals surface area (Å²) in [5.41, 5.74) is 8.65. The van der Waals surface area contributed by atoms with Crippen LogP contribution in [0.5, 0.6) is 0 Å². The smallest absolute Gasteiger partial charge is 0.0547 e.